The van der Waals surface area contributed by atoms with E-state index < -0.39 is 0 Å². The van der Waals surface area contributed by atoms with Gasteiger partial charge in [0.1, 0.15) is 10.5 Å². The third-order valence-electron chi connectivity index (χ3n) is 2.92. The van der Waals surface area contributed by atoms with Gasteiger partial charge in [-0.3, -0.25) is 0 Å². The Morgan fingerprint density at radius 3 is 3.07 bits per heavy atom. The third kappa shape index (κ3) is 1.58. The van der Waals surface area contributed by atoms with Crippen molar-refractivity contribution in [1.29, 1.82) is 0 Å². The molecule has 0 aromatic carbocycles. The zero-order valence-electron chi connectivity index (χ0n) is 7.64. The average molecular weight is 230 g/mol. The Hall–Kier alpha value is -0.450. The number of fused-ring (bicyclic) bond motifs is 1. The van der Waals surface area contributed by atoms with Gasteiger partial charge in [0.25, 0.3) is 0 Å². The normalized spacial score (nSPS) is 29.6. The van der Waals surface area contributed by atoms with Crippen molar-refractivity contribution in [2.45, 2.75) is 6.42 Å². The lowest BCUT2D eigenvalue weighted by Crippen LogP contribution is -2.09. The summed E-state index contributed by atoms with van der Waals surface area (Å²) in [7, 11) is 0. The Bertz CT molecular complexity index is 336. The molecule has 1 N–H and O–H groups in total. The Morgan fingerprint density at radius 2 is 2.36 bits per heavy atom. The van der Waals surface area contributed by atoms with Crippen LogP contribution < -0.4 is 5.32 Å². The summed E-state index contributed by atoms with van der Waals surface area (Å²) in [6, 6.07) is 0. The second-order valence-electron chi connectivity index (χ2n) is 3.72. The summed E-state index contributed by atoms with van der Waals surface area (Å²) in [5.74, 6) is 1.57. The summed E-state index contributed by atoms with van der Waals surface area (Å²) >= 11 is 1.65. The molecule has 0 unspecified atom stereocenters. The summed E-state index contributed by atoms with van der Waals surface area (Å²) < 4.78 is 0. The number of nitrogens with one attached hydrogen (secondary N) is 1. The highest BCUT2D eigenvalue weighted by Gasteiger charge is 2.32. The minimum absolute atomic E-state index is 0. The van der Waals surface area contributed by atoms with Crippen LogP contribution in [0.1, 0.15) is 11.4 Å². The predicted molar refractivity (Wildman–Crippen MR) is 59.6 cm³/mol. The number of hydrogen-bond donors (Lipinski definition) is 1. The van der Waals surface area contributed by atoms with E-state index >= 15 is 0 Å². The summed E-state index contributed by atoms with van der Waals surface area (Å²) in [4.78, 5) is 0. The molecule has 3 rings (SSSR count). The lowest BCUT2D eigenvalue weighted by atomic mass is 10.00. The van der Waals surface area contributed by atoms with Crippen LogP contribution in [0.4, 0.5) is 0 Å². The molecule has 2 atom stereocenters. The molecular formula is C9H12ClN3S. The van der Waals surface area contributed by atoms with Gasteiger partial charge in [0, 0.05) is 6.54 Å². The molecule has 0 saturated carbocycles. The molecule has 5 heteroatoms. The number of aromatic nitrogens is 2. The molecule has 0 spiro atoms. The van der Waals surface area contributed by atoms with Gasteiger partial charge in [-0.2, -0.15) is 0 Å². The largest absolute Gasteiger partial charge is 0.316 e. The van der Waals surface area contributed by atoms with Crippen molar-refractivity contribution >= 4 is 29.3 Å². The number of allylic oxidation sites excluding steroid dienone is 1. The molecule has 3 nitrogen and oxygen atoms in total. The van der Waals surface area contributed by atoms with Gasteiger partial charge < -0.3 is 5.32 Å². The molecule has 2 aliphatic rings. The van der Waals surface area contributed by atoms with Crippen molar-refractivity contribution in [1.82, 2.24) is 15.5 Å². The van der Waals surface area contributed by atoms with Crippen LogP contribution in [0, 0.1) is 11.8 Å². The van der Waals surface area contributed by atoms with Crippen molar-refractivity contribution in [2.75, 3.05) is 13.1 Å². The van der Waals surface area contributed by atoms with Crippen LogP contribution in [0.15, 0.2) is 11.6 Å². The van der Waals surface area contributed by atoms with Gasteiger partial charge in [0.15, 0.2) is 0 Å². The lowest BCUT2D eigenvalue weighted by Gasteiger charge is -2.04. The molecule has 0 bridgehead atoms. The highest BCUT2D eigenvalue weighted by Crippen LogP contribution is 2.38. The van der Waals surface area contributed by atoms with Crippen LogP contribution in [0.2, 0.25) is 0 Å². The van der Waals surface area contributed by atoms with Crippen LogP contribution in [-0.2, 0) is 0 Å². The molecule has 76 valence electrons. The SMILES string of the molecule is C1=C(c2nncs2)C[C@@H]2CNC[C@H]12.Cl. The van der Waals surface area contributed by atoms with E-state index in [1.807, 2.05) is 5.51 Å². The smallest absolute Gasteiger partial charge is 0.143 e. The van der Waals surface area contributed by atoms with E-state index in [9.17, 15) is 0 Å². The zero-order chi connectivity index (χ0) is 8.67. The van der Waals surface area contributed by atoms with Gasteiger partial charge in [-0.25, -0.2) is 0 Å². The summed E-state index contributed by atoms with van der Waals surface area (Å²) in [5, 5.41) is 12.5. The number of rotatable bonds is 1. The molecule has 0 amide bonds. The quantitative estimate of drug-likeness (QED) is 0.795. The van der Waals surface area contributed by atoms with Crippen molar-refractivity contribution in [2.24, 2.45) is 11.8 Å². The molecule has 2 heterocycles. The summed E-state index contributed by atoms with van der Waals surface area (Å²) in [6.07, 6.45) is 3.57. The van der Waals surface area contributed by atoms with Crippen molar-refractivity contribution in [3.05, 3.63) is 16.6 Å². The Kier molecular flexibility index (Phi) is 2.85. The maximum absolute atomic E-state index is 4.11. The fraction of sp³-hybridized carbons (Fsp3) is 0.556. The molecular weight excluding hydrogens is 218 g/mol. The third-order valence-corrected chi connectivity index (χ3v) is 3.69. The zero-order valence-corrected chi connectivity index (χ0v) is 9.27. The number of nitrogens with zero attached hydrogens (tertiary/aromatic N) is 2. The van der Waals surface area contributed by atoms with Crippen LogP contribution in [0.5, 0.6) is 0 Å². The summed E-state index contributed by atoms with van der Waals surface area (Å²) in [5.41, 5.74) is 3.22. The van der Waals surface area contributed by atoms with Gasteiger partial charge >= 0.3 is 0 Å². The van der Waals surface area contributed by atoms with Crippen molar-refractivity contribution in [3.63, 3.8) is 0 Å². The highest BCUT2D eigenvalue weighted by molar-refractivity contribution is 7.10. The van der Waals surface area contributed by atoms with Crippen LogP contribution in [0.3, 0.4) is 0 Å². The molecule has 1 saturated heterocycles. The lowest BCUT2D eigenvalue weighted by molar-refractivity contribution is 0.536. The van der Waals surface area contributed by atoms with E-state index in [-0.39, 0.29) is 12.4 Å². The Balaban J connectivity index is 0.000000750. The standard InChI is InChI=1S/C9H11N3S.ClH/c1-6(9-12-11-5-13-9)2-8-4-10-3-7(1)8;/h1,5,7-8,10H,2-4H2;1H/t7-,8+;/m0./s1. The van der Waals surface area contributed by atoms with Gasteiger partial charge in [0.2, 0.25) is 0 Å². The maximum atomic E-state index is 4.11. The molecule has 1 fully saturated rings. The van der Waals surface area contributed by atoms with Crippen molar-refractivity contribution < 1.29 is 0 Å². The molecule has 1 aromatic heterocycles. The second kappa shape index (κ2) is 3.96. The van der Waals surface area contributed by atoms with E-state index in [1.165, 1.54) is 18.5 Å². The predicted octanol–water partition coefficient (Wildman–Crippen LogP) is 1.58. The molecule has 1 aliphatic carbocycles. The Labute approximate surface area is 93.0 Å². The van der Waals surface area contributed by atoms with E-state index in [1.54, 1.807) is 11.3 Å². The molecule has 0 radical (unpaired) electrons. The minimum atomic E-state index is 0. The van der Waals surface area contributed by atoms with Gasteiger partial charge in [-0.1, -0.05) is 6.08 Å². The fourth-order valence-corrected chi connectivity index (χ4v) is 2.84. The van der Waals surface area contributed by atoms with Crippen LogP contribution >= 0.6 is 23.7 Å². The van der Waals surface area contributed by atoms with Gasteiger partial charge in [0.05, 0.1) is 0 Å². The monoisotopic (exact) mass is 229 g/mol. The van der Waals surface area contributed by atoms with E-state index in [0.29, 0.717) is 0 Å². The molecule has 1 aliphatic heterocycles. The molecule has 1 aromatic rings. The van der Waals surface area contributed by atoms with E-state index in [2.05, 4.69) is 21.6 Å². The van der Waals surface area contributed by atoms with E-state index in [0.717, 1.165) is 23.4 Å². The number of halogens is 1. The van der Waals surface area contributed by atoms with Crippen molar-refractivity contribution in [3.8, 4) is 0 Å². The fourth-order valence-electron chi connectivity index (χ4n) is 2.25. The highest BCUT2D eigenvalue weighted by atomic mass is 35.5. The topological polar surface area (TPSA) is 37.8 Å². The first-order chi connectivity index (χ1) is 6.43. The van der Waals surface area contributed by atoms with Crippen LogP contribution in [-0.4, -0.2) is 23.3 Å². The minimum Gasteiger partial charge on any atom is -0.316 e. The maximum Gasteiger partial charge on any atom is 0.143 e. The average Bonchev–Trinajstić information content (AvgIpc) is 2.78. The first-order valence-corrected chi connectivity index (χ1v) is 5.49. The van der Waals surface area contributed by atoms with Gasteiger partial charge in [-0.15, -0.1) is 33.9 Å². The molecule has 14 heavy (non-hydrogen) atoms. The summed E-state index contributed by atoms with van der Waals surface area (Å²) in [6.45, 7) is 2.32. The first kappa shape index (κ1) is 10.1. The first-order valence-electron chi connectivity index (χ1n) is 4.61. The number of hydrogen-bond acceptors (Lipinski definition) is 4. The van der Waals surface area contributed by atoms with Crippen LogP contribution in [0.25, 0.3) is 5.57 Å². The Morgan fingerprint density at radius 1 is 1.43 bits per heavy atom. The van der Waals surface area contributed by atoms with Gasteiger partial charge in [-0.05, 0) is 30.4 Å². The van der Waals surface area contributed by atoms with E-state index in [4.69, 9.17) is 0 Å². The second-order valence-corrected chi connectivity index (χ2v) is 4.56.